The molecule has 2 aromatic carbocycles. The van der Waals surface area contributed by atoms with Crippen molar-refractivity contribution in [3.8, 4) is 0 Å². The molecule has 1 heterocycles. The van der Waals surface area contributed by atoms with Crippen molar-refractivity contribution in [2.75, 3.05) is 4.90 Å². The van der Waals surface area contributed by atoms with Crippen molar-refractivity contribution < 1.29 is 14.7 Å². The number of carbonyl (C=O) groups excluding carboxylic acids is 2. The standard InChI is InChI=1S/C21H22N2O3/c1-14(15-7-3-2-4-8-15)23-18-10-6-5-9-16(18)13-17(19(23)24)22-20(25)21(26)11-12-21/h2-10,14,17,26H,11-13H2,1H3,(H,22,25)/t14-,17+/m0/s1. The van der Waals surface area contributed by atoms with Crippen molar-refractivity contribution in [1.29, 1.82) is 0 Å². The van der Waals surface area contributed by atoms with Crippen molar-refractivity contribution in [3.63, 3.8) is 0 Å². The fourth-order valence-corrected chi connectivity index (χ4v) is 3.54. The molecule has 2 aliphatic rings. The second-order valence-corrected chi connectivity index (χ2v) is 7.19. The van der Waals surface area contributed by atoms with Gasteiger partial charge in [0.05, 0.1) is 6.04 Å². The number of fused-ring (bicyclic) bond motifs is 1. The number of rotatable bonds is 4. The Balaban J connectivity index is 1.67. The van der Waals surface area contributed by atoms with E-state index in [9.17, 15) is 14.7 Å². The Morgan fingerprint density at radius 2 is 1.81 bits per heavy atom. The van der Waals surface area contributed by atoms with Gasteiger partial charge in [0, 0.05) is 12.1 Å². The first-order chi connectivity index (χ1) is 12.5. The first-order valence-corrected chi connectivity index (χ1v) is 8.99. The van der Waals surface area contributed by atoms with E-state index in [1.165, 1.54) is 0 Å². The van der Waals surface area contributed by atoms with Crippen molar-refractivity contribution in [2.24, 2.45) is 0 Å². The molecule has 2 aromatic rings. The van der Waals surface area contributed by atoms with Gasteiger partial charge in [-0.3, -0.25) is 9.59 Å². The Labute approximate surface area is 152 Å². The molecule has 0 aromatic heterocycles. The molecule has 2 N–H and O–H groups in total. The third-order valence-corrected chi connectivity index (χ3v) is 5.33. The molecular formula is C21H22N2O3. The molecule has 0 unspecified atom stereocenters. The number of nitrogens with one attached hydrogen (secondary N) is 1. The van der Waals surface area contributed by atoms with Crippen LogP contribution in [0.4, 0.5) is 5.69 Å². The number of carbonyl (C=O) groups is 2. The van der Waals surface area contributed by atoms with E-state index in [-0.39, 0.29) is 11.9 Å². The molecule has 2 atom stereocenters. The highest BCUT2D eigenvalue weighted by molar-refractivity contribution is 6.03. The third-order valence-electron chi connectivity index (χ3n) is 5.33. The van der Waals surface area contributed by atoms with E-state index in [1.54, 1.807) is 4.90 Å². The van der Waals surface area contributed by atoms with Crippen molar-refractivity contribution in [3.05, 3.63) is 65.7 Å². The van der Waals surface area contributed by atoms with Crippen LogP contribution in [0.25, 0.3) is 0 Å². The molecule has 0 bridgehead atoms. The third kappa shape index (κ3) is 2.88. The van der Waals surface area contributed by atoms with Crippen LogP contribution >= 0.6 is 0 Å². The topological polar surface area (TPSA) is 69.6 Å². The predicted molar refractivity (Wildman–Crippen MR) is 98.6 cm³/mol. The molecule has 26 heavy (non-hydrogen) atoms. The number of nitrogens with zero attached hydrogens (tertiary/aromatic N) is 1. The zero-order chi connectivity index (χ0) is 18.3. The fourth-order valence-electron chi connectivity index (χ4n) is 3.54. The molecular weight excluding hydrogens is 328 g/mol. The van der Waals surface area contributed by atoms with Gasteiger partial charge in [-0.05, 0) is 37.0 Å². The van der Waals surface area contributed by atoms with Crippen LogP contribution in [-0.4, -0.2) is 28.6 Å². The normalized spacial score (nSPS) is 21.7. The Morgan fingerprint density at radius 3 is 2.50 bits per heavy atom. The lowest BCUT2D eigenvalue weighted by Gasteiger charge is -2.38. The minimum absolute atomic E-state index is 0.141. The Hall–Kier alpha value is -2.66. The summed E-state index contributed by atoms with van der Waals surface area (Å²) in [5.74, 6) is -0.583. The number of aliphatic hydroxyl groups is 1. The molecule has 0 saturated heterocycles. The number of amides is 2. The van der Waals surface area contributed by atoms with Gasteiger partial charge in [-0.2, -0.15) is 0 Å². The molecule has 5 nitrogen and oxygen atoms in total. The molecule has 0 radical (unpaired) electrons. The monoisotopic (exact) mass is 350 g/mol. The number of hydrogen-bond donors (Lipinski definition) is 2. The number of anilines is 1. The average molecular weight is 350 g/mol. The summed E-state index contributed by atoms with van der Waals surface area (Å²) in [5, 5.41) is 12.8. The van der Waals surface area contributed by atoms with E-state index in [4.69, 9.17) is 0 Å². The summed E-state index contributed by atoms with van der Waals surface area (Å²) < 4.78 is 0. The number of hydrogen-bond acceptors (Lipinski definition) is 3. The van der Waals surface area contributed by atoms with Gasteiger partial charge < -0.3 is 15.3 Å². The Morgan fingerprint density at radius 1 is 1.15 bits per heavy atom. The first-order valence-electron chi connectivity index (χ1n) is 8.99. The van der Waals surface area contributed by atoms with Gasteiger partial charge in [-0.15, -0.1) is 0 Å². The highest BCUT2D eigenvalue weighted by Crippen LogP contribution is 2.37. The molecule has 2 amide bonds. The summed E-state index contributed by atoms with van der Waals surface area (Å²) in [6.07, 6.45) is 1.36. The summed E-state index contributed by atoms with van der Waals surface area (Å²) in [6, 6.07) is 16.8. The lowest BCUT2D eigenvalue weighted by atomic mass is 9.94. The molecule has 134 valence electrons. The molecule has 4 rings (SSSR count). The molecule has 1 fully saturated rings. The highest BCUT2D eigenvalue weighted by Gasteiger charge is 2.49. The van der Waals surface area contributed by atoms with Crippen LogP contribution in [0.2, 0.25) is 0 Å². The van der Waals surface area contributed by atoms with E-state index in [0.29, 0.717) is 19.3 Å². The largest absolute Gasteiger partial charge is 0.380 e. The second kappa shape index (κ2) is 6.25. The quantitative estimate of drug-likeness (QED) is 0.889. The fraction of sp³-hybridized carbons (Fsp3) is 0.333. The second-order valence-electron chi connectivity index (χ2n) is 7.19. The summed E-state index contributed by atoms with van der Waals surface area (Å²) in [5.41, 5.74) is 1.64. The summed E-state index contributed by atoms with van der Waals surface area (Å²) >= 11 is 0. The average Bonchev–Trinajstić information content (AvgIpc) is 3.41. The molecule has 1 aliphatic heterocycles. The van der Waals surface area contributed by atoms with Gasteiger partial charge in [0.15, 0.2) is 0 Å². The van der Waals surface area contributed by atoms with E-state index >= 15 is 0 Å². The first kappa shape index (κ1) is 16.8. The minimum atomic E-state index is -1.28. The lowest BCUT2D eigenvalue weighted by molar-refractivity contribution is -0.135. The Kier molecular flexibility index (Phi) is 4.04. The number of para-hydroxylation sites is 1. The van der Waals surface area contributed by atoms with Crippen LogP contribution in [0, 0.1) is 0 Å². The maximum absolute atomic E-state index is 13.2. The van der Waals surface area contributed by atoms with Gasteiger partial charge >= 0.3 is 0 Å². The molecule has 1 saturated carbocycles. The van der Waals surface area contributed by atoms with Crippen LogP contribution in [0.3, 0.4) is 0 Å². The predicted octanol–water partition coefficient (Wildman–Crippen LogP) is 2.35. The number of benzene rings is 2. The Bertz CT molecular complexity index is 845. The van der Waals surface area contributed by atoms with Gasteiger partial charge in [-0.25, -0.2) is 0 Å². The minimum Gasteiger partial charge on any atom is -0.380 e. The molecule has 1 aliphatic carbocycles. The van der Waals surface area contributed by atoms with E-state index in [2.05, 4.69) is 5.32 Å². The van der Waals surface area contributed by atoms with Crippen molar-refractivity contribution in [1.82, 2.24) is 5.32 Å². The van der Waals surface area contributed by atoms with Crippen LogP contribution in [0.5, 0.6) is 0 Å². The van der Waals surface area contributed by atoms with Crippen LogP contribution < -0.4 is 10.2 Å². The maximum atomic E-state index is 13.2. The summed E-state index contributed by atoms with van der Waals surface area (Å²) in [4.78, 5) is 27.2. The van der Waals surface area contributed by atoms with Gasteiger partial charge in [-0.1, -0.05) is 48.5 Å². The maximum Gasteiger partial charge on any atom is 0.252 e. The smallest absolute Gasteiger partial charge is 0.252 e. The van der Waals surface area contributed by atoms with E-state index < -0.39 is 17.6 Å². The molecule has 5 heteroatoms. The van der Waals surface area contributed by atoms with E-state index in [0.717, 1.165) is 16.8 Å². The van der Waals surface area contributed by atoms with Crippen LogP contribution in [0.1, 0.15) is 36.9 Å². The highest BCUT2D eigenvalue weighted by atomic mass is 16.3. The van der Waals surface area contributed by atoms with Gasteiger partial charge in [0.1, 0.15) is 11.6 Å². The van der Waals surface area contributed by atoms with Crippen LogP contribution in [-0.2, 0) is 16.0 Å². The van der Waals surface area contributed by atoms with Gasteiger partial charge in [0.2, 0.25) is 5.91 Å². The SMILES string of the molecule is C[C@@H](c1ccccc1)N1C(=O)[C@H](NC(=O)C2(O)CC2)Cc2ccccc21. The molecule has 0 spiro atoms. The summed E-state index contributed by atoms with van der Waals surface area (Å²) in [7, 11) is 0. The summed E-state index contributed by atoms with van der Waals surface area (Å²) in [6.45, 7) is 1.99. The zero-order valence-corrected chi connectivity index (χ0v) is 14.7. The van der Waals surface area contributed by atoms with Crippen LogP contribution in [0.15, 0.2) is 54.6 Å². The van der Waals surface area contributed by atoms with Crippen molar-refractivity contribution >= 4 is 17.5 Å². The lowest BCUT2D eigenvalue weighted by Crippen LogP contribution is -2.55. The van der Waals surface area contributed by atoms with Crippen molar-refractivity contribution in [2.45, 2.75) is 43.9 Å². The van der Waals surface area contributed by atoms with Gasteiger partial charge in [0.25, 0.3) is 5.91 Å². The zero-order valence-electron chi connectivity index (χ0n) is 14.7. The van der Waals surface area contributed by atoms with E-state index in [1.807, 2.05) is 61.5 Å².